The van der Waals surface area contributed by atoms with E-state index in [1.807, 2.05) is 12.1 Å². The third-order valence-electron chi connectivity index (χ3n) is 3.39. The van der Waals surface area contributed by atoms with Crippen LogP contribution in [0.3, 0.4) is 0 Å². The highest BCUT2D eigenvalue weighted by Crippen LogP contribution is 2.13. The molecule has 0 aliphatic carbocycles. The molecule has 1 aliphatic heterocycles. The van der Waals surface area contributed by atoms with E-state index < -0.39 is 0 Å². The summed E-state index contributed by atoms with van der Waals surface area (Å²) in [4.78, 5) is 13.7. The topological polar surface area (TPSA) is 40.5 Å². The second-order valence-corrected chi connectivity index (χ2v) is 4.71. The summed E-state index contributed by atoms with van der Waals surface area (Å²) in [7, 11) is 0. The fraction of sp³-hybridized carbons (Fsp3) is 0.500. The van der Waals surface area contributed by atoms with Gasteiger partial charge in [0.25, 0.3) is 0 Å². The van der Waals surface area contributed by atoms with Crippen LogP contribution in [0.1, 0.15) is 24.0 Å². The molecule has 0 aromatic heterocycles. The lowest BCUT2D eigenvalue weighted by Gasteiger charge is -2.15. The maximum Gasteiger partial charge on any atom is 0.222 e. The number of rotatable bonds is 3. The van der Waals surface area contributed by atoms with Gasteiger partial charge in [-0.05, 0) is 30.9 Å². The van der Waals surface area contributed by atoms with Gasteiger partial charge in [0.05, 0.1) is 6.10 Å². The molecule has 3 nitrogen and oxygen atoms in total. The van der Waals surface area contributed by atoms with Crippen LogP contribution < -0.4 is 0 Å². The van der Waals surface area contributed by atoms with Gasteiger partial charge in [-0.1, -0.05) is 24.3 Å². The summed E-state index contributed by atoms with van der Waals surface area (Å²) in [5, 5.41) is 9.38. The van der Waals surface area contributed by atoms with Gasteiger partial charge < -0.3 is 10.0 Å². The summed E-state index contributed by atoms with van der Waals surface area (Å²) in [6.07, 6.45) is 1.73. The van der Waals surface area contributed by atoms with Gasteiger partial charge in [0.1, 0.15) is 0 Å². The number of benzene rings is 1. The first kappa shape index (κ1) is 12.1. The minimum atomic E-state index is -0.322. The quantitative estimate of drug-likeness (QED) is 0.860. The predicted octanol–water partition coefficient (Wildman–Crippen LogP) is 1.52. The van der Waals surface area contributed by atoms with Gasteiger partial charge in [-0.2, -0.15) is 0 Å². The van der Waals surface area contributed by atoms with Gasteiger partial charge in [-0.15, -0.1) is 0 Å². The average molecular weight is 233 g/mol. The molecule has 1 fully saturated rings. The molecular weight excluding hydrogens is 214 g/mol. The molecule has 3 heteroatoms. The van der Waals surface area contributed by atoms with Crippen molar-refractivity contribution in [2.45, 2.75) is 32.3 Å². The minimum Gasteiger partial charge on any atom is -0.391 e. The molecule has 0 saturated carbocycles. The molecule has 2 rings (SSSR count). The van der Waals surface area contributed by atoms with Crippen molar-refractivity contribution >= 4 is 5.91 Å². The summed E-state index contributed by atoms with van der Waals surface area (Å²) in [5.41, 5.74) is 2.47. The number of β-amino-alcohol motifs (C(OH)–C–C–N with tert-alkyl or cyclic N) is 1. The van der Waals surface area contributed by atoms with Gasteiger partial charge in [-0.3, -0.25) is 4.79 Å². The fourth-order valence-electron chi connectivity index (χ4n) is 2.26. The molecule has 92 valence electrons. The number of nitrogens with zero attached hydrogens (tertiary/aromatic N) is 1. The lowest BCUT2D eigenvalue weighted by molar-refractivity contribution is -0.130. The van der Waals surface area contributed by atoms with Gasteiger partial charge in [0, 0.05) is 19.5 Å². The molecule has 17 heavy (non-hydrogen) atoms. The fourth-order valence-corrected chi connectivity index (χ4v) is 2.26. The third kappa shape index (κ3) is 3.07. The predicted molar refractivity (Wildman–Crippen MR) is 66.7 cm³/mol. The lowest BCUT2D eigenvalue weighted by atomic mass is 10.0. The standard InChI is InChI=1S/C14H19NO2/c1-11-4-2-3-5-12(11)6-7-14(17)15-9-8-13(16)10-15/h2-5,13,16H,6-10H2,1H3. The van der Waals surface area contributed by atoms with E-state index in [0.717, 1.165) is 12.8 Å². The van der Waals surface area contributed by atoms with Gasteiger partial charge >= 0.3 is 0 Å². The first-order chi connectivity index (χ1) is 8.16. The number of carbonyl (C=O) groups is 1. The van der Waals surface area contributed by atoms with Crippen molar-refractivity contribution < 1.29 is 9.90 Å². The van der Waals surface area contributed by atoms with Crippen LogP contribution >= 0.6 is 0 Å². The normalized spacial score (nSPS) is 19.6. The monoisotopic (exact) mass is 233 g/mol. The van der Waals surface area contributed by atoms with Crippen LogP contribution in [0.2, 0.25) is 0 Å². The Kier molecular flexibility index (Phi) is 3.79. The van der Waals surface area contributed by atoms with Gasteiger partial charge in [0.15, 0.2) is 0 Å². The summed E-state index contributed by atoms with van der Waals surface area (Å²) in [5.74, 6) is 0.157. The Morgan fingerprint density at radius 1 is 1.47 bits per heavy atom. The number of aliphatic hydroxyl groups excluding tert-OH is 1. The Labute approximate surface area is 102 Å². The van der Waals surface area contributed by atoms with Crippen LogP contribution in [-0.2, 0) is 11.2 Å². The lowest BCUT2D eigenvalue weighted by Crippen LogP contribution is -2.29. The number of aryl methyl sites for hydroxylation is 2. The van der Waals surface area contributed by atoms with E-state index in [9.17, 15) is 9.90 Å². The zero-order valence-corrected chi connectivity index (χ0v) is 10.2. The van der Waals surface area contributed by atoms with Crippen LogP contribution in [0.15, 0.2) is 24.3 Å². The average Bonchev–Trinajstić information content (AvgIpc) is 2.74. The van der Waals surface area contributed by atoms with Crippen molar-refractivity contribution in [1.29, 1.82) is 0 Å². The maximum absolute atomic E-state index is 11.9. The van der Waals surface area contributed by atoms with Crippen LogP contribution in [0, 0.1) is 6.92 Å². The molecule has 1 aromatic rings. The molecule has 0 spiro atoms. The Balaban J connectivity index is 1.86. The number of aliphatic hydroxyl groups is 1. The number of carbonyl (C=O) groups excluding carboxylic acids is 1. The SMILES string of the molecule is Cc1ccccc1CCC(=O)N1CCC(O)C1. The van der Waals surface area contributed by atoms with Gasteiger partial charge in [0.2, 0.25) is 5.91 Å². The molecule has 1 aromatic carbocycles. The van der Waals surface area contributed by atoms with E-state index in [1.54, 1.807) is 4.90 Å². The molecule has 1 amide bonds. The number of amides is 1. The number of likely N-dealkylation sites (tertiary alicyclic amines) is 1. The second kappa shape index (κ2) is 5.32. The molecule has 1 N–H and O–H groups in total. The van der Waals surface area contributed by atoms with Crippen molar-refractivity contribution in [3.8, 4) is 0 Å². The maximum atomic E-state index is 11.9. The van der Waals surface area contributed by atoms with Crippen LogP contribution in [0.5, 0.6) is 0 Å². The highest BCUT2D eigenvalue weighted by molar-refractivity contribution is 5.76. The first-order valence-corrected chi connectivity index (χ1v) is 6.17. The number of hydrogen-bond acceptors (Lipinski definition) is 2. The molecule has 0 bridgehead atoms. The van der Waals surface area contributed by atoms with Crippen LogP contribution in [0.4, 0.5) is 0 Å². The van der Waals surface area contributed by atoms with E-state index in [-0.39, 0.29) is 12.0 Å². The Morgan fingerprint density at radius 3 is 2.88 bits per heavy atom. The highest BCUT2D eigenvalue weighted by Gasteiger charge is 2.23. The first-order valence-electron chi connectivity index (χ1n) is 6.17. The largest absolute Gasteiger partial charge is 0.391 e. The summed E-state index contributed by atoms with van der Waals surface area (Å²) in [6, 6.07) is 8.16. The van der Waals surface area contributed by atoms with Crippen molar-refractivity contribution in [2.24, 2.45) is 0 Å². The molecule has 1 unspecified atom stereocenters. The Bertz CT molecular complexity index is 403. The summed E-state index contributed by atoms with van der Waals surface area (Å²) in [6.45, 7) is 3.28. The molecule has 0 radical (unpaired) electrons. The minimum absolute atomic E-state index is 0.157. The van der Waals surface area contributed by atoms with Crippen molar-refractivity contribution in [3.63, 3.8) is 0 Å². The third-order valence-corrected chi connectivity index (χ3v) is 3.39. The van der Waals surface area contributed by atoms with Crippen molar-refractivity contribution in [1.82, 2.24) is 4.90 Å². The second-order valence-electron chi connectivity index (χ2n) is 4.71. The zero-order chi connectivity index (χ0) is 12.3. The molecule has 1 atom stereocenters. The van der Waals surface area contributed by atoms with E-state index in [1.165, 1.54) is 11.1 Å². The van der Waals surface area contributed by atoms with Crippen LogP contribution in [-0.4, -0.2) is 35.1 Å². The number of hydrogen-bond donors (Lipinski definition) is 1. The van der Waals surface area contributed by atoms with E-state index >= 15 is 0 Å². The molecule has 1 heterocycles. The smallest absolute Gasteiger partial charge is 0.222 e. The van der Waals surface area contributed by atoms with E-state index in [4.69, 9.17) is 0 Å². The molecule has 1 saturated heterocycles. The van der Waals surface area contributed by atoms with E-state index in [0.29, 0.717) is 19.5 Å². The van der Waals surface area contributed by atoms with Crippen molar-refractivity contribution in [3.05, 3.63) is 35.4 Å². The Hall–Kier alpha value is -1.35. The highest BCUT2D eigenvalue weighted by atomic mass is 16.3. The van der Waals surface area contributed by atoms with E-state index in [2.05, 4.69) is 19.1 Å². The summed E-state index contributed by atoms with van der Waals surface area (Å²) >= 11 is 0. The Morgan fingerprint density at radius 2 is 2.24 bits per heavy atom. The molecular formula is C14H19NO2. The zero-order valence-electron chi connectivity index (χ0n) is 10.2. The van der Waals surface area contributed by atoms with Gasteiger partial charge in [-0.25, -0.2) is 0 Å². The van der Waals surface area contributed by atoms with Crippen molar-refractivity contribution in [2.75, 3.05) is 13.1 Å². The molecule has 1 aliphatic rings. The van der Waals surface area contributed by atoms with Crippen LogP contribution in [0.25, 0.3) is 0 Å². The summed E-state index contributed by atoms with van der Waals surface area (Å²) < 4.78 is 0.